The largest absolute Gasteiger partial charge is 0.450 e. The summed E-state index contributed by atoms with van der Waals surface area (Å²) >= 11 is 6.23. The second kappa shape index (κ2) is 7.93. The maximum atomic E-state index is 11.6. The standard InChI is InChI=1S/C13H19ClN2O2/c1-3-18-13(17)16(2)9-5-7-12(14)11-6-4-8-15-10-11/h4,6,8,10,12H,3,5,7,9H2,1-2H3/i2D3. The van der Waals surface area contributed by atoms with Crippen molar-refractivity contribution in [2.45, 2.75) is 25.1 Å². The van der Waals surface area contributed by atoms with Gasteiger partial charge in [0.05, 0.1) is 12.0 Å². The van der Waals surface area contributed by atoms with Gasteiger partial charge in [0, 0.05) is 30.0 Å². The summed E-state index contributed by atoms with van der Waals surface area (Å²) in [5.74, 6) is 0. The van der Waals surface area contributed by atoms with E-state index in [9.17, 15) is 4.79 Å². The van der Waals surface area contributed by atoms with Crippen molar-refractivity contribution in [1.82, 2.24) is 9.88 Å². The minimum Gasteiger partial charge on any atom is -0.450 e. The Hall–Kier alpha value is -1.29. The lowest BCUT2D eigenvalue weighted by Gasteiger charge is -2.17. The number of ether oxygens (including phenoxy) is 1. The topological polar surface area (TPSA) is 42.4 Å². The first-order valence-corrected chi connectivity index (χ1v) is 6.28. The molecule has 1 aromatic heterocycles. The molecule has 1 unspecified atom stereocenters. The van der Waals surface area contributed by atoms with Crippen LogP contribution < -0.4 is 0 Å². The molecule has 4 nitrogen and oxygen atoms in total. The van der Waals surface area contributed by atoms with Crippen LogP contribution in [0.2, 0.25) is 0 Å². The highest BCUT2D eigenvalue weighted by Crippen LogP contribution is 2.24. The summed E-state index contributed by atoms with van der Waals surface area (Å²) in [7, 11) is 0. The minimum atomic E-state index is -2.51. The fourth-order valence-electron chi connectivity index (χ4n) is 1.45. The molecule has 1 amide bonds. The number of hydrogen-bond acceptors (Lipinski definition) is 3. The third-order valence-electron chi connectivity index (χ3n) is 2.37. The predicted molar refractivity (Wildman–Crippen MR) is 71.7 cm³/mol. The maximum Gasteiger partial charge on any atom is 0.409 e. The third-order valence-corrected chi connectivity index (χ3v) is 2.84. The average Bonchev–Trinajstić information content (AvgIpc) is 2.43. The van der Waals surface area contributed by atoms with Gasteiger partial charge < -0.3 is 9.64 Å². The zero-order chi connectivity index (χ0) is 15.9. The molecule has 0 aliphatic heterocycles. The van der Waals surface area contributed by atoms with Gasteiger partial charge in [-0.15, -0.1) is 11.6 Å². The van der Waals surface area contributed by atoms with Crippen molar-refractivity contribution < 1.29 is 13.6 Å². The first kappa shape index (κ1) is 10.6. The molecule has 0 radical (unpaired) electrons. The molecule has 1 aromatic rings. The third kappa shape index (κ3) is 4.92. The van der Waals surface area contributed by atoms with Gasteiger partial charge in [0.15, 0.2) is 0 Å². The Morgan fingerprint density at radius 2 is 2.56 bits per heavy atom. The van der Waals surface area contributed by atoms with E-state index in [1.165, 1.54) is 0 Å². The van der Waals surface area contributed by atoms with Crippen molar-refractivity contribution in [3.05, 3.63) is 30.1 Å². The normalized spacial score (nSPS) is 15.1. The number of carbonyl (C=O) groups excluding carboxylic acids is 1. The maximum absolute atomic E-state index is 11.6. The molecule has 18 heavy (non-hydrogen) atoms. The Balaban J connectivity index is 2.52. The van der Waals surface area contributed by atoms with Crippen molar-refractivity contribution in [3.63, 3.8) is 0 Å². The number of aromatic nitrogens is 1. The van der Waals surface area contributed by atoms with Crippen LogP contribution in [0.15, 0.2) is 24.5 Å². The number of pyridine rings is 1. The monoisotopic (exact) mass is 273 g/mol. The van der Waals surface area contributed by atoms with Gasteiger partial charge in [-0.2, -0.15) is 0 Å². The van der Waals surface area contributed by atoms with Crippen LogP contribution in [0, 0.1) is 0 Å². The molecule has 1 heterocycles. The van der Waals surface area contributed by atoms with Crippen molar-refractivity contribution in [1.29, 1.82) is 0 Å². The van der Waals surface area contributed by atoms with Gasteiger partial charge >= 0.3 is 6.09 Å². The van der Waals surface area contributed by atoms with E-state index in [4.69, 9.17) is 20.5 Å². The molecule has 0 aliphatic carbocycles. The van der Waals surface area contributed by atoms with Gasteiger partial charge in [0.2, 0.25) is 0 Å². The first-order chi connectivity index (χ1) is 9.86. The second-order valence-corrected chi connectivity index (χ2v) is 4.27. The number of carbonyl (C=O) groups is 1. The van der Waals surface area contributed by atoms with Crippen LogP contribution in [0.1, 0.15) is 34.8 Å². The van der Waals surface area contributed by atoms with Gasteiger partial charge in [-0.05, 0) is 31.4 Å². The zero-order valence-corrected chi connectivity index (χ0v) is 11.1. The molecule has 0 saturated carbocycles. The summed E-state index contributed by atoms with van der Waals surface area (Å²) in [4.78, 5) is 16.4. The summed E-state index contributed by atoms with van der Waals surface area (Å²) < 4.78 is 26.8. The van der Waals surface area contributed by atoms with E-state index >= 15 is 0 Å². The highest BCUT2D eigenvalue weighted by atomic mass is 35.5. The summed E-state index contributed by atoms with van der Waals surface area (Å²) in [5, 5.41) is -0.264. The molecular formula is C13H19ClN2O2. The minimum absolute atomic E-state index is 0.0683. The van der Waals surface area contributed by atoms with E-state index < -0.39 is 13.1 Å². The van der Waals surface area contributed by atoms with Crippen molar-refractivity contribution in [2.24, 2.45) is 0 Å². The molecule has 0 aliphatic rings. The Morgan fingerprint density at radius 3 is 3.17 bits per heavy atom. The van der Waals surface area contributed by atoms with E-state index in [0.717, 1.165) is 10.5 Å². The highest BCUT2D eigenvalue weighted by Gasteiger charge is 2.11. The van der Waals surface area contributed by atoms with Crippen LogP contribution in [0.4, 0.5) is 4.79 Å². The van der Waals surface area contributed by atoms with E-state index in [1.54, 1.807) is 25.4 Å². The van der Waals surface area contributed by atoms with Crippen LogP contribution >= 0.6 is 11.6 Å². The summed E-state index contributed by atoms with van der Waals surface area (Å²) in [5.41, 5.74) is 0.871. The van der Waals surface area contributed by atoms with Crippen LogP contribution in [0.3, 0.4) is 0 Å². The number of hydrogen-bond donors (Lipinski definition) is 0. The molecular weight excluding hydrogens is 252 g/mol. The van der Waals surface area contributed by atoms with E-state index in [1.807, 2.05) is 6.07 Å². The molecule has 0 N–H and O–H groups in total. The Morgan fingerprint density at radius 1 is 1.72 bits per heavy atom. The fraction of sp³-hybridized carbons (Fsp3) is 0.538. The van der Waals surface area contributed by atoms with Gasteiger partial charge in [-0.3, -0.25) is 4.98 Å². The lowest BCUT2D eigenvalue weighted by molar-refractivity contribution is 0.115. The van der Waals surface area contributed by atoms with E-state index in [-0.39, 0.29) is 18.5 Å². The van der Waals surface area contributed by atoms with E-state index in [0.29, 0.717) is 12.8 Å². The number of alkyl halides is 1. The van der Waals surface area contributed by atoms with Crippen molar-refractivity contribution in [3.8, 4) is 0 Å². The van der Waals surface area contributed by atoms with Crippen LogP contribution in [0.5, 0.6) is 0 Å². The van der Waals surface area contributed by atoms with Gasteiger partial charge in [0.1, 0.15) is 0 Å². The summed E-state index contributed by atoms with van der Waals surface area (Å²) in [6.07, 6.45) is 3.50. The lowest BCUT2D eigenvalue weighted by Crippen LogP contribution is -2.28. The molecule has 0 bridgehead atoms. The number of halogens is 1. The zero-order valence-electron chi connectivity index (χ0n) is 13.3. The lowest BCUT2D eigenvalue weighted by atomic mass is 10.1. The average molecular weight is 274 g/mol. The van der Waals surface area contributed by atoms with Crippen LogP contribution in [-0.2, 0) is 4.74 Å². The molecule has 0 aromatic carbocycles. The molecule has 1 rings (SSSR count). The second-order valence-electron chi connectivity index (χ2n) is 3.75. The molecule has 1 atom stereocenters. The van der Waals surface area contributed by atoms with Crippen LogP contribution in [0.25, 0.3) is 0 Å². The number of amides is 1. The fourth-order valence-corrected chi connectivity index (χ4v) is 1.73. The SMILES string of the molecule is [2H]C([2H])([2H])N(CCCC(Cl)c1cccnc1)C(=O)OCC. The number of nitrogens with zero attached hydrogens (tertiary/aromatic N) is 2. The van der Waals surface area contributed by atoms with Crippen molar-refractivity contribution in [2.75, 3.05) is 20.1 Å². The van der Waals surface area contributed by atoms with E-state index in [2.05, 4.69) is 4.98 Å². The molecule has 0 saturated heterocycles. The van der Waals surface area contributed by atoms with Crippen molar-refractivity contribution >= 4 is 17.7 Å². The molecule has 100 valence electrons. The van der Waals surface area contributed by atoms with Gasteiger partial charge in [-0.1, -0.05) is 6.07 Å². The predicted octanol–water partition coefficient (Wildman–Crippen LogP) is 3.23. The smallest absolute Gasteiger partial charge is 0.409 e. The van der Waals surface area contributed by atoms with Gasteiger partial charge in [0.25, 0.3) is 0 Å². The molecule has 0 fully saturated rings. The molecule has 0 spiro atoms. The summed E-state index contributed by atoms with van der Waals surface area (Å²) in [6, 6.07) is 3.65. The Labute approximate surface area is 117 Å². The Bertz CT molecular complexity index is 443. The Kier molecular flexibility index (Phi) is 4.67. The molecule has 5 heteroatoms. The van der Waals surface area contributed by atoms with Crippen LogP contribution in [-0.4, -0.2) is 36.1 Å². The highest BCUT2D eigenvalue weighted by molar-refractivity contribution is 6.20. The summed E-state index contributed by atoms with van der Waals surface area (Å²) in [6.45, 7) is -0.673. The number of rotatable bonds is 6. The quantitative estimate of drug-likeness (QED) is 0.748. The van der Waals surface area contributed by atoms with Gasteiger partial charge in [-0.25, -0.2) is 4.79 Å². The first-order valence-electron chi connectivity index (χ1n) is 7.34.